The van der Waals surface area contributed by atoms with Gasteiger partial charge in [0.15, 0.2) is 22.6 Å². The van der Waals surface area contributed by atoms with E-state index in [9.17, 15) is 22.4 Å². The SMILES string of the molecule is O=C(c1ccc(F)c(F)c1)N(Cc1cccnc1)c1nc2c(F)cc(F)cc2s1. The van der Waals surface area contributed by atoms with Crippen LogP contribution in [0, 0.1) is 23.3 Å². The van der Waals surface area contributed by atoms with E-state index in [0.717, 1.165) is 35.6 Å². The van der Waals surface area contributed by atoms with Gasteiger partial charge in [0.1, 0.15) is 11.3 Å². The van der Waals surface area contributed by atoms with Crippen LogP contribution in [0.15, 0.2) is 54.9 Å². The van der Waals surface area contributed by atoms with Crippen molar-refractivity contribution in [3.05, 3.63) is 89.3 Å². The van der Waals surface area contributed by atoms with E-state index in [2.05, 4.69) is 9.97 Å². The quantitative estimate of drug-likeness (QED) is 0.435. The molecular formula is C20H11F4N3OS. The van der Waals surface area contributed by atoms with Crippen LogP contribution in [0.2, 0.25) is 0 Å². The first kappa shape index (κ1) is 19.0. The summed E-state index contributed by atoms with van der Waals surface area (Å²) in [4.78, 5) is 22.4. The number of carbonyl (C=O) groups excluding carboxylic acids is 1. The van der Waals surface area contributed by atoms with Crippen LogP contribution in [0.25, 0.3) is 10.2 Å². The summed E-state index contributed by atoms with van der Waals surface area (Å²) in [5.41, 5.74) is 0.439. The number of hydrogen-bond donors (Lipinski definition) is 0. The Kier molecular flexibility index (Phi) is 4.98. The van der Waals surface area contributed by atoms with Crippen LogP contribution in [-0.2, 0) is 6.54 Å². The van der Waals surface area contributed by atoms with E-state index in [-0.39, 0.29) is 27.5 Å². The molecule has 4 aromatic rings. The molecule has 0 radical (unpaired) electrons. The topological polar surface area (TPSA) is 46.1 Å². The lowest BCUT2D eigenvalue weighted by Crippen LogP contribution is -2.30. The van der Waals surface area contributed by atoms with Gasteiger partial charge in [-0.3, -0.25) is 14.7 Å². The predicted octanol–water partition coefficient (Wildman–Crippen LogP) is 5.09. The largest absolute Gasteiger partial charge is 0.279 e. The van der Waals surface area contributed by atoms with Crippen LogP contribution in [-0.4, -0.2) is 15.9 Å². The van der Waals surface area contributed by atoms with Crippen LogP contribution < -0.4 is 4.90 Å². The van der Waals surface area contributed by atoms with Gasteiger partial charge in [0.2, 0.25) is 0 Å². The second-order valence-corrected chi connectivity index (χ2v) is 7.12. The number of benzene rings is 2. The molecule has 29 heavy (non-hydrogen) atoms. The zero-order valence-electron chi connectivity index (χ0n) is 14.6. The van der Waals surface area contributed by atoms with Crippen molar-refractivity contribution in [3.8, 4) is 0 Å². The van der Waals surface area contributed by atoms with Gasteiger partial charge in [-0.05, 0) is 35.9 Å². The zero-order chi connectivity index (χ0) is 20.5. The lowest BCUT2D eigenvalue weighted by molar-refractivity contribution is 0.0984. The van der Waals surface area contributed by atoms with Gasteiger partial charge in [-0.2, -0.15) is 0 Å². The first-order valence-corrected chi connectivity index (χ1v) is 9.15. The lowest BCUT2D eigenvalue weighted by Gasteiger charge is -2.20. The van der Waals surface area contributed by atoms with Crippen LogP contribution in [0.5, 0.6) is 0 Å². The molecular weight excluding hydrogens is 406 g/mol. The van der Waals surface area contributed by atoms with Gasteiger partial charge >= 0.3 is 0 Å². The summed E-state index contributed by atoms with van der Waals surface area (Å²) in [6, 6.07) is 7.97. The summed E-state index contributed by atoms with van der Waals surface area (Å²) >= 11 is 0.909. The maximum Gasteiger partial charge on any atom is 0.260 e. The molecule has 0 aliphatic rings. The Hall–Kier alpha value is -3.33. The first-order chi connectivity index (χ1) is 13.9. The van der Waals surface area contributed by atoms with E-state index in [4.69, 9.17) is 0 Å². The molecule has 0 aliphatic carbocycles. The van der Waals surface area contributed by atoms with E-state index in [1.807, 2.05) is 0 Å². The van der Waals surface area contributed by atoms with E-state index in [1.54, 1.807) is 18.3 Å². The molecule has 2 aromatic heterocycles. The summed E-state index contributed by atoms with van der Waals surface area (Å²) in [5, 5.41) is 0.0862. The number of carbonyl (C=O) groups is 1. The highest BCUT2D eigenvalue weighted by Gasteiger charge is 2.24. The van der Waals surface area contributed by atoms with Gasteiger partial charge in [-0.25, -0.2) is 22.5 Å². The van der Waals surface area contributed by atoms with Crippen LogP contribution in [0.4, 0.5) is 22.7 Å². The Morgan fingerprint density at radius 3 is 2.55 bits per heavy atom. The van der Waals surface area contributed by atoms with Crippen molar-refractivity contribution in [2.75, 3.05) is 4.90 Å². The highest BCUT2D eigenvalue weighted by atomic mass is 32.1. The van der Waals surface area contributed by atoms with Gasteiger partial charge < -0.3 is 0 Å². The number of anilines is 1. The molecule has 9 heteroatoms. The number of fused-ring (bicyclic) bond motifs is 1. The monoisotopic (exact) mass is 417 g/mol. The van der Waals surface area contributed by atoms with Crippen LogP contribution >= 0.6 is 11.3 Å². The van der Waals surface area contributed by atoms with Crippen LogP contribution in [0.3, 0.4) is 0 Å². The van der Waals surface area contributed by atoms with Crippen molar-refractivity contribution in [2.24, 2.45) is 0 Å². The van der Waals surface area contributed by atoms with Gasteiger partial charge in [-0.15, -0.1) is 0 Å². The van der Waals surface area contributed by atoms with Crippen molar-refractivity contribution < 1.29 is 22.4 Å². The maximum absolute atomic E-state index is 14.1. The summed E-state index contributed by atoms with van der Waals surface area (Å²) < 4.78 is 54.7. The molecule has 0 N–H and O–H groups in total. The van der Waals surface area contributed by atoms with Gasteiger partial charge in [0.05, 0.1) is 11.2 Å². The minimum atomic E-state index is -1.17. The predicted molar refractivity (Wildman–Crippen MR) is 101 cm³/mol. The fourth-order valence-corrected chi connectivity index (χ4v) is 3.75. The number of rotatable bonds is 4. The molecule has 2 aromatic carbocycles. The summed E-state index contributed by atoms with van der Waals surface area (Å²) in [7, 11) is 0. The number of amides is 1. The number of hydrogen-bond acceptors (Lipinski definition) is 4. The molecule has 1 amide bonds. The highest BCUT2D eigenvalue weighted by Crippen LogP contribution is 2.33. The van der Waals surface area contributed by atoms with Crippen molar-refractivity contribution >= 4 is 32.6 Å². The molecule has 2 heterocycles. The molecule has 0 atom stereocenters. The van der Waals surface area contributed by atoms with Gasteiger partial charge in [0.25, 0.3) is 5.91 Å². The summed E-state index contributed by atoms with van der Waals surface area (Å²) in [5.74, 6) is -4.56. The molecule has 146 valence electrons. The molecule has 4 nitrogen and oxygen atoms in total. The Labute approximate surface area is 166 Å². The number of nitrogens with zero attached hydrogens (tertiary/aromatic N) is 3. The summed E-state index contributed by atoms with van der Waals surface area (Å²) in [6.45, 7) is -0.00437. The van der Waals surface area contributed by atoms with E-state index >= 15 is 0 Å². The molecule has 0 saturated carbocycles. The average molecular weight is 417 g/mol. The average Bonchev–Trinajstić information content (AvgIpc) is 3.12. The Bertz CT molecular complexity index is 1210. The first-order valence-electron chi connectivity index (χ1n) is 8.34. The van der Waals surface area contributed by atoms with Crippen molar-refractivity contribution in [1.82, 2.24) is 9.97 Å². The molecule has 0 unspecified atom stereocenters. The van der Waals surface area contributed by atoms with E-state index in [1.165, 1.54) is 11.1 Å². The Morgan fingerprint density at radius 2 is 1.83 bits per heavy atom. The molecule has 0 aliphatic heterocycles. The third-order valence-electron chi connectivity index (χ3n) is 4.11. The van der Waals surface area contributed by atoms with E-state index < -0.39 is 29.2 Å². The van der Waals surface area contributed by atoms with Gasteiger partial charge in [-0.1, -0.05) is 17.4 Å². The molecule has 4 rings (SSSR count). The third kappa shape index (κ3) is 3.81. The van der Waals surface area contributed by atoms with Gasteiger partial charge in [0, 0.05) is 24.0 Å². The zero-order valence-corrected chi connectivity index (χ0v) is 15.4. The smallest absolute Gasteiger partial charge is 0.260 e. The number of aromatic nitrogens is 2. The lowest BCUT2D eigenvalue weighted by atomic mass is 10.1. The second kappa shape index (κ2) is 7.59. The van der Waals surface area contributed by atoms with Crippen molar-refractivity contribution in [1.29, 1.82) is 0 Å². The molecule has 0 spiro atoms. The molecule has 0 bridgehead atoms. The van der Waals surface area contributed by atoms with Crippen molar-refractivity contribution in [2.45, 2.75) is 6.54 Å². The number of halogens is 4. The van der Waals surface area contributed by atoms with E-state index in [0.29, 0.717) is 11.6 Å². The van der Waals surface area contributed by atoms with Crippen LogP contribution in [0.1, 0.15) is 15.9 Å². The fourth-order valence-electron chi connectivity index (χ4n) is 2.75. The number of thiazole rings is 1. The maximum atomic E-state index is 14.1. The Balaban J connectivity index is 1.80. The second-order valence-electron chi connectivity index (χ2n) is 6.11. The summed E-state index contributed by atoms with van der Waals surface area (Å²) in [6.07, 6.45) is 3.08. The standard InChI is InChI=1S/C20H11F4N3OS/c21-13-7-16(24)18-17(8-13)29-20(26-18)27(10-11-2-1-5-25-9-11)19(28)12-3-4-14(22)15(23)6-12/h1-9H,10H2. The minimum absolute atomic E-state index is 0.00437. The molecule has 0 fully saturated rings. The fraction of sp³-hybridized carbons (Fsp3) is 0.0500. The third-order valence-corrected chi connectivity index (χ3v) is 5.13. The Morgan fingerprint density at radius 1 is 1.00 bits per heavy atom. The molecule has 0 saturated heterocycles. The normalized spacial score (nSPS) is 11.0. The minimum Gasteiger partial charge on any atom is -0.279 e. The number of pyridine rings is 1. The highest BCUT2D eigenvalue weighted by molar-refractivity contribution is 7.22. The van der Waals surface area contributed by atoms with Crippen molar-refractivity contribution in [3.63, 3.8) is 0 Å².